The molecule has 0 spiro atoms. The Labute approximate surface area is 174 Å². The topological polar surface area (TPSA) is 140 Å². The van der Waals surface area contributed by atoms with Gasteiger partial charge in [-0.05, 0) is 30.7 Å². The predicted octanol–water partition coefficient (Wildman–Crippen LogP) is 2.77. The number of ether oxygens (including phenoxy) is 1. The summed E-state index contributed by atoms with van der Waals surface area (Å²) in [5.41, 5.74) is 1.73. The van der Waals surface area contributed by atoms with Crippen LogP contribution in [0, 0.1) is 12.1 Å². The molecule has 3 N–H and O–H groups in total. The Morgan fingerprint density at radius 2 is 1.97 bits per heavy atom. The first-order valence-electron chi connectivity index (χ1n) is 8.58. The van der Waals surface area contributed by atoms with Gasteiger partial charge in [-0.15, -0.1) is 11.3 Å². The molecule has 3 aromatic rings. The third-order valence-corrected chi connectivity index (χ3v) is 5.36. The third-order valence-electron chi connectivity index (χ3n) is 4.05. The third kappa shape index (κ3) is 4.55. The second-order valence-corrected chi connectivity index (χ2v) is 7.21. The van der Waals surface area contributed by atoms with Gasteiger partial charge >= 0.3 is 11.9 Å². The van der Waals surface area contributed by atoms with Crippen LogP contribution in [0.1, 0.15) is 25.6 Å². The number of carboxylic acids is 2. The second kappa shape index (κ2) is 8.62. The number of hydrogen-bond donors (Lipinski definition) is 3. The number of hydrogen-bond acceptors (Lipinski definition) is 6. The summed E-state index contributed by atoms with van der Waals surface area (Å²) in [5, 5.41) is 32.3. The van der Waals surface area contributed by atoms with E-state index in [0.717, 1.165) is 17.5 Å². The smallest absolute Gasteiger partial charge is 0.349 e. The molecule has 0 atom stereocenters. The quantitative estimate of drug-likeness (QED) is 0.388. The van der Waals surface area contributed by atoms with Crippen molar-refractivity contribution >= 4 is 34.9 Å². The highest BCUT2D eigenvalue weighted by Gasteiger charge is 2.23. The number of aliphatic carboxylic acids is 1. The van der Waals surface area contributed by atoms with Gasteiger partial charge in [-0.1, -0.05) is 12.1 Å². The normalized spacial score (nSPS) is 10.4. The zero-order chi connectivity index (χ0) is 21.8. The van der Waals surface area contributed by atoms with E-state index >= 15 is 0 Å². The van der Waals surface area contributed by atoms with Crippen molar-refractivity contribution in [2.24, 2.45) is 0 Å². The lowest BCUT2D eigenvalue weighted by Crippen LogP contribution is -2.27. The molecule has 0 fully saturated rings. The molecule has 0 bridgehead atoms. The fourth-order valence-electron chi connectivity index (χ4n) is 2.75. The molecule has 9 nitrogen and oxygen atoms in total. The first-order valence-corrected chi connectivity index (χ1v) is 9.40. The van der Waals surface area contributed by atoms with E-state index in [9.17, 15) is 24.7 Å². The van der Waals surface area contributed by atoms with Crippen LogP contribution in [-0.4, -0.2) is 34.7 Å². The molecule has 1 aromatic carbocycles. The van der Waals surface area contributed by atoms with Gasteiger partial charge in [0.1, 0.15) is 11.3 Å². The zero-order valence-corrected chi connectivity index (χ0v) is 16.4. The highest BCUT2D eigenvalue weighted by Crippen LogP contribution is 2.42. The number of carboxylic acid groups (broad SMARTS) is 2. The highest BCUT2D eigenvalue weighted by atomic mass is 32.1. The number of amides is 1. The lowest BCUT2D eigenvalue weighted by molar-refractivity contribution is -0.605. The van der Waals surface area contributed by atoms with Crippen LogP contribution in [0.25, 0.3) is 10.4 Å². The van der Waals surface area contributed by atoms with Crippen molar-refractivity contribution < 1.29 is 34.1 Å². The Balaban J connectivity index is 1.92. The van der Waals surface area contributed by atoms with E-state index in [0.29, 0.717) is 26.4 Å². The van der Waals surface area contributed by atoms with Crippen molar-refractivity contribution in [1.82, 2.24) is 0 Å². The number of benzene rings is 1. The largest absolute Gasteiger partial charge is 0.619 e. The van der Waals surface area contributed by atoms with E-state index in [1.807, 2.05) is 0 Å². The molecule has 2 aromatic heterocycles. The van der Waals surface area contributed by atoms with Crippen LogP contribution in [0.4, 0.5) is 5.69 Å². The number of aromatic nitrogens is 1. The lowest BCUT2D eigenvalue weighted by atomic mass is 10.1. The average molecular weight is 428 g/mol. The number of aromatic carboxylic acids is 1. The average Bonchev–Trinajstić information content (AvgIpc) is 3.03. The van der Waals surface area contributed by atoms with Crippen molar-refractivity contribution in [3.8, 4) is 16.2 Å². The summed E-state index contributed by atoms with van der Waals surface area (Å²) in [7, 11) is 0. The van der Waals surface area contributed by atoms with Crippen molar-refractivity contribution in [2.45, 2.75) is 6.92 Å². The minimum atomic E-state index is -1.23. The number of rotatable bonds is 7. The number of anilines is 1. The summed E-state index contributed by atoms with van der Waals surface area (Å²) in [4.78, 5) is 35.2. The standard InChI is InChI=1S/C20H16N2O7S/c1-11-16(29-10-15(23)24)18(20(26)27)30-17(11)12-4-2-6-14(8-12)21-19(25)13-5-3-7-22(28)9-13/h2-9H,10H2,1H3,(H,21,25)(H,23,24)(H,26,27). The van der Waals surface area contributed by atoms with Crippen LogP contribution in [0.15, 0.2) is 48.8 Å². The van der Waals surface area contributed by atoms with Gasteiger partial charge in [0.15, 0.2) is 23.9 Å². The number of nitrogens with one attached hydrogen (secondary N) is 1. The molecule has 0 radical (unpaired) electrons. The van der Waals surface area contributed by atoms with Crippen molar-refractivity contribution in [3.05, 3.63) is 70.0 Å². The Morgan fingerprint density at radius 1 is 1.20 bits per heavy atom. The van der Waals surface area contributed by atoms with E-state index in [1.54, 1.807) is 31.2 Å². The molecule has 0 unspecified atom stereocenters. The Kier molecular flexibility index (Phi) is 5.98. The van der Waals surface area contributed by atoms with Gasteiger partial charge in [0, 0.05) is 22.2 Å². The van der Waals surface area contributed by atoms with Gasteiger partial charge < -0.3 is 25.5 Å². The summed E-state index contributed by atoms with van der Waals surface area (Å²) in [6, 6.07) is 9.67. The van der Waals surface area contributed by atoms with Gasteiger partial charge in [0.05, 0.1) is 0 Å². The second-order valence-electron chi connectivity index (χ2n) is 6.19. The summed E-state index contributed by atoms with van der Waals surface area (Å²) >= 11 is 0.950. The minimum Gasteiger partial charge on any atom is -0.619 e. The monoisotopic (exact) mass is 428 g/mol. The van der Waals surface area contributed by atoms with E-state index < -0.39 is 24.5 Å². The Morgan fingerprint density at radius 3 is 2.63 bits per heavy atom. The van der Waals surface area contributed by atoms with Crippen LogP contribution in [-0.2, 0) is 4.79 Å². The molecular weight excluding hydrogens is 412 g/mol. The molecular formula is C20H16N2O7S. The Bertz CT molecular complexity index is 1140. The van der Waals surface area contributed by atoms with Gasteiger partial charge in [-0.2, -0.15) is 4.73 Å². The van der Waals surface area contributed by atoms with Crippen LogP contribution in [0.5, 0.6) is 5.75 Å². The maximum Gasteiger partial charge on any atom is 0.349 e. The van der Waals surface area contributed by atoms with Gasteiger partial charge in [0.25, 0.3) is 5.91 Å². The van der Waals surface area contributed by atoms with Crippen LogP contribution in [0.2, 0.25) is 0 Å². The SMILES string of the molecule is Cc1c(-c2cccc(NC(=O)c3ccc[n+]([O-])c3)c2)sc(C(=O)O)c1OCC(=O)O. The highest BCUT2D eigenvalue weighted by molar-refractivity contribution is 7.18. The van der Waals surface area contributed by atoms with E-state index in [2.05, 4.69) is 5.32 Å². The summed E-state index contributed by atoms with van der Waals surface area (Å²) in [5.74, 6) is -2.92. The summed E-state index contributed by atoms with van der Waals surface area (Å²) < 4.78 is 5.71. The maximum atomic E-state index is 12.4. The molecule has 0 saturated heterocycles. The molecule has 30 heavy (non-hydrogen) atoms. The van der Waals surface area contributed by atoms with E-state index in [-0.39, 0.29) is 16.2 Å². The molecule has 0 saturated carbocycles. The van der Waals surface area contributed by atoms with Crippen molar-refractivity contribution in [3.63, 3.8) is 0 Å². The van der Waals surface area contributed by atoms with Crippen molar-refractivity contribution in [2.75, 3.05) is 11.9 Å². The molecule has 2 heterocycles. The number of nitrogens with zero attached hydrogens (tertiary/aromatic N) is 1. The molecule has 0 aliphatic rings. The fraction of sp³-hybridized carbons (Fsp3) is 0.100. The first-order chi connectivity index (χ1) is 14.3. The molecule has 3 rings (SSSR count). The van der Waals surface area contributed by atoms with Crippen molar-refractivity contribution in [1.29, 1.82) is 0 Å². The first kappa shape index (κ1) is 20.8. The molecule has 0 aliphatic heterocycles. The number of carbonyl (C=O) groups excluding carboxylic acids is 1. The molecule has 0 aliphatic carbocycles. The van der Waals surface area contributed by atoms with Gasteiger partial charge in [0.2, 0.25) is 0 Å². The van der Waals surface area contributed by atoms with Crippen LogP contribution < -0.4 is 14.8 Å². The number of pyridine rings is 1. The maximum absolute atomic E-state index is 12.4. The van der Waals surface area contributed by atoms with E-state index in [4.69, 9.17) is 9.84 Å². The predicted molar refractivity (Wildman–Crippen MR) is 108 cm³/mol. The van der Waals surface area contributed by atoms with Gasteiger partial charge in [-0.3, -0.25) is 4.79 Å². The van der Waals surface area contributed by atoms with Crippen LogP contribution >= 0.6 is 11.3 Å². The van der Waals surface area contributed by atoms with E-state index in [1.165, 1.54) is 18.3 Å². The lowest BCUT2D eigenvalue weighted by Gasteiger charge is -2.08. The molecule has 10 heteroatoms. The fourth-order valence-corrected chi connectivity index (χ4v) is 3.84. The molecule has 154 valence electrons. The molecule has 1 amide bonds. The summed E-state index contributed by atoms with van der Waals surface area (Å²) in [6.45, 7) is 0.974. The minimum absolute atomic E-state index is 0.00336. The van der Waals surface area contributed by atoms with Gasteiger partial charge in [-0.25, -0.2) is 9.59 Å². The number of thiophene rings is 1. The van der Waals surface area contributed by atoms with Crippen LogP contribution in [0.3, 0.4) is 0 Å². The number of carbonyl (C=O) groups is 3. The summed E-state index contributed by atoms with van der Waals surface area (Å²) in [6.07, 6.45) is 2.41. The zero-order valence-electron chi connectivity index (χ0n) is 15.6. The Hall–Kier alpha value is -3.92.